The number of ether oxygens (including phenoxy) is 1. The lowest BCUT2D eigenvalue weighted by molar-refractivity contribution is 0.170. The zero-order valence-corrected chi connectivity index (χ0v) is 13.5. The molecule has 0 bridgehead atoms. The quantitative estimate of drug-likeness (QED) is 0.859. The zero-order chi connectivity index (χ0) is 16.4. The largest absolute Gasteiger partial charge is 0.494 e. The Morgan fingerprint density at radius 1 is 1.39 bits per heavy atom. The Morgan fingerprint density at radius 2 is 2.13 bits per heavy atom. The summed E-state index contributed by atoms with van der Waals surface area (Å²) >= 11 is 0. The summed E-state index contributed by atoms with van der Waals surface area (Å²) in [5, 5.41) is 0. The molecular formula is C17H22FN3O2. The van der Waals surface area contributed by atoms with Crippen molar-refractivity contribution in [3.63, 3.8) is 0 Å². The highest BCUT2D eigenvalue weighted by atomic mass is 19.1. The van der Waals surface area contributed by atoms with E-state index in [9.17, 15) is 9.18 Å². The van der Waals surface area contributed by atoms with Crippen LogP contribution >= 0.6 is 0 Å². The minimum absolute atomic E-state index is 0.0304. The minimum Gasteiger partial charge on any atom is -0.494 e. The van der Waals surface area contributed by atoms with Crippen molar-refractivity contribution in [2.24, 2.45) is 4.99 Å². The molecule has 6 heteroatoms. The molecule has 0 aromatic heterocycles. The Labute approximate surface area is 135 Å². The summed E-state index contributed by atoms with van der Waals surface area (Å²) in [5.41, 5.74) is 0.748. The highest BCUT2D eigenvalue weighted by Gasteiger charge is 2.30. The number of hydrogen-bond donors (Lipinski definition) is 0. The Balaban J connectivity index is 1.65. The van der Waals surface area contributed by atoms with Crippen LogP contribution in [0.25, 0.3) is 0 Å². The van der Waals surface area contributed by atoms with E-state index in [1.54, 1.807) is 23.4 Å². The van der Waals surface area contributed by atoms with E-state index in [2.05, 4.69) is 4.99 Å². The van der Waals surface area contributed by atoms with Gasteiger partial charge in [0.05, 0.1) is 26.0 Å². The molecule has 1 heterocycles. The highest BCUT2D eigenvalue weighted by molar-refractivity contribution is 5.87. The molecular weight excluding hydrogens is 297 g/mol. The van der Waals surface area contributed by atoms with Crippen molar-refractivity contribution in [3.05, 3.63) is 29.6 Å². The summed E-state index contributed by atoms with van der Waals surface area (Å²) in [6, 6.07) is 4.88. The Bertz CT molecular complexity index is 614. The van der Waals surface area contributed by atoms with E-state index in [0.29, 0.717) is 12.6 Å². The maximum atomic E-state index is 13.8. The van der Waals surface area contributed by atoms with Crippen molar-refractivity contribution in [1.29, 1.82) is 0 Å². The molecule has 0 spiro atoms. The average Bonchev–Trinajstić information content (AvgIpc) is 3.25. The van der Waals surface area contributed by atoms with E-state index < -0.39 is 5.82 Å². The van der Waals surface area contributed by atoms with Crippen LogP contribution in [0.3, 0.4) is 0 Å². The van der Waals surface area contributed by atoms with Crippen LogP contribution in [0.5, 0.6) is 5.75 Å². The number of halogens is 1. The molecule has 0 N–H and O–H groups in total. The third kappa shape index (κ3) is 3.16. The smallest absolute Gasteiger partial charge is 0.325 e. The van der Waals surface area contributed by atoms with Crippen LogP contribution in [-0.2, 0) is 0 Å². The summed E-state index contributed by atoms with van der Waals surface area (Å²) < 4.78 is 18.8. The lowest BCUT2D eigenvalue weighted by Crippen LogP contribution is -2.44. The van der Waals surface area contributed by atoms with Gasteiger partial charge in [-0.25, -0.2) is 9.18 Å². The number of rotatable bonds is 3. The van der Waals surface area contributed by atoms with Gasteiger partial charge in [-0.15, -0.1) is 0 Å². The first-order valence-electron chi connectivity index (χ1n) is 8.00. The van der Waals surface area contributed by atoms with Gasteiger partial charge in [0, 0.05) is 13.1 Å². The zero-order valence-electron chi connectivity index (χ0n) is 13.5. The van der Waals surface area contributed by atoms with E-state index in [0.717, 1.165) is 18.4 Å². The van der Waals surface area contributed by atoms with Gasteiger partial charge in [-0.05, 0) is 30.5 Å². The molecule has 1 aliphatic heterocycles. The molecule has 2 aliphatic rings. The summed E-state index contributed by atoms with van der Waals surface area (Å²) in [4.78, 5) is 20.3. The molecule has 1 saturated carbocycles. The number of carbonyl (C=O) groups excluding carboxylic acids is 1. The summed E-state index contributed by atoms with van der Waals surface area (Å²) in [5.74, 6) is -0.197. The molecule has 0 radical (unpaired) electrons. The summed E-state index contributed by atoms with van der Waals surface area (Å²) in [6.45, 7) is 0.446. The highest BCUT2D eigenvalue weighted by Crippen LogP contribution is 2.28. The van der Waals surface area contributed by atoms with Crippen LogP contribution in [0.1, 0.15) is 37.3 Å². The van der Waals surface area contributed by atoms with Crippen molar-refractivity contribution in [3.8, 4) is 5.75 Å². The average molecular weight is 319 g/mol. The third-order valence-corrected chi connectivity index (χ3v) is 4.74. The lowest BCUT2D eigenvalue weighted by Gasteiger charge is -2.28. The standard InChI is InChI=1S/C17H22FN3O2/c1-20(13-5-3-4-6-13)17(22)21-10-15(19-11-21)12-7-8-16(23-2)14(18)9-12/h7-9,11,13,15H,3-6,10H2,1-2H3. The molecule has 2 amide bonds. The monoisotopic (exact) mass is 319 g/mol. The third-order valence-electron chi connectivity index (χ3n) is 4.74. The second kappa shape index (κ2) is 6.56. The van der Waals surface area contributed by atoms with Crippen LogP contribution < -0.4 is 4.74 Å². The van der Waals surface area contributed by atoms with Gasteiger partial charge in [-0.1, -0.05) is 18.9 Å². The van der Waals surface area contributed by atoms with Crippen molar-refractivity contribution >= 4 is 12.4 Å². The van der Waals surface area contributed by atoms with E-state index in [1.807, 2.05) is 11.9 Å². The molecule has 1 unspecified atom stereocenters. The number of amides is 2. The van der Waals surface area contributed by atoms with Crippen molar-refractivity contribution < 1.29 is 13.9 Å². The van der Waals surface area contributed by atoms with Crippen molar-refractivity contribution in [1.82, 2.24) is 9.80 Å². The van der Waals surface area contributed by atoms with E-state index in [4.69, 9.17) is 4.74 Å². The van der Waals surface area contributed by atoms with Crippen LogP contribution in [0.15, 0.2) is 23.2 Å². The van der Waals surface area contributed by atoms with Crippen LogP contribution in [-0.4, -0.2) is 48.9 Å². The Kier molecular flexibility index (Phi) is 4.50. The van der Waals surface area contributed by atoms with Crippen LogP contribution in [0, 0.1) is 5.82 Å². The topological polar surface area (TPSA) is 45.1 Å². The first-order valence-corrected chi connectivity index (χ1v) is 8.00. The fourth-order valence-corrected chi connectivity index (χ4v) is 3.30. The number of methoxy groups -OCH3 is 1. The number of carbonyl (C=O) groups is 1. The number of aliphatic imine (C=N–C) groups is 1. The molecule has 1 aromatic carbocycles. The predicted octanol–water partition coefficient (Wildman–Crippen LogP) is 3.21. The van der Waals surface area contributed by atoms with Gasteiger partial charge >= 0.3 is 6.03 Å². The normalized spacial score (nSPS) is 21.0. The van der Waals surface area contributed by atoms with Crippen LogP contribution in [0.2, 0.25) is 0 Å². The Hall–Kier alpha value is -2.11. The van der Waals surface area contributed by atoms with Crippen LogP contribution in [0.4, 0.5) is 9.18 Å². The lowest BCUT2D eigenvalue weighted by atomic mass is 10.1. The van der Waals surface area contributed by atoms with Gasteiger partial charge in [-0.3, -0.25) is 9.89 Å². The molecule has 1 atom stereocenters. The second-order valence-electron chi connectivity index (χ2n) is 6.16. The number of hydrogen-bond acceptors (Lipinski definition) is 3. The number of urea groups is 1. The Morgan fingerprint density at radius 3 is 2.78 bits per heavy atom. The van der Waals surface area contributed by atoms with Gasteiger partial charge in [-0.2, -0.15) is 0 Å². The molecule has 3 rings (SSSR count). The summed E-state index contributed by atoms with van der Waals surface area (Å²) in [6.07, 6.45) is 6.08. The van der Waals surface area contributed by atoms with Gasteiger partial charge in [0.2, 0.25) is 0 Å². The molecule has 5 nitrogen and oxygen atoms in total. The van der Waals surface area contributed by atoms with E-state index >= 15 is 0 Å². The maximum absolute atomic E-state index is 13.8. The van der Waals surface area contributed by atoms with Gasteiger partial charge in [0.15, 0.2) is 11.6 Å². The maximum Gasteiger partial charge on any atom is 0.325 e. The first kappa shape index (κ1) is 15.8. The fraction of sp³-hybridized carbons (Fsp3) is 0.529. The predicted molar refractivity (Wildman–Crippen MR) is 86.3 cm³/mol. The van der Waals surface area contributed by atoms with E-state index in [-0.39, 0.29) is 17.8 Å². The molecule has 0 saturated heterocycles. The van der Waals surface area contributed by atoms with Gasteiger partial charge in [0.1, 0.15) is 0 Å². The molecule has 124 valence electrons. The van der Waals surface area contributed by atoms with Gasteiger partial charge in [0.25, 0.3) is 0 Å². The molecule has 1 fully saturated rings. The minimum atomic E-state index is -0.409. The van der Waals surface area contributed by atoms with E-state index in [1.165, 1.54) is 26.0 Å². The molecule has 1 aromatic rings. The fourth-order valence-electron chi connectivity index (χ4n) is 3.30. The second-order valence-corrected chi connectivity index (χ2v) is 6.16. The summed E-state index contributed by atoms with van der Waals surface area (Å²) in [7, 11) is 3.29. The number of nitrogens with zero attached hydrogens (tertiary/aromatic N) is 3. The molecule has 1 aliphatic carbocycles. The van der Waals surface area contributed by atoms with Gasteiger partial charge < -0.3 is 9.64 Å². The first-order chi connectivity index (χ1) is 11.1. The van der Waals surface area contributed by atoms with Crippen molar-refractivity contribution in [2.75, 3.05) is 20.7 Å². The SMILES string of the molecule is COc1ccc(C2CN(C(=O)N(C)C3CCCC3)C=N2)cc1F. The number of benzene rings is 1. The van der Waals surface area contributed by atoms with Crippen molar-refractivity contribution in [2.45, 2.75) is 37.8 Å². The molecule has 23 heavy (non-hydrogen) atoms.